The molecule has 0 fully saturated rings. The predicted molar refractivity (Wildman–Crippen MR) is 329 cm³/mol. The van der Waals surface area contributed by atoms with E-state index in [2.05, 4.69) is 81.8 Å². The molecule has 11 nitrogen and oxygen atoms in total. The van der Waals surface area contributed by atoms with Gasteiger partial charge in [-0.05, 0) is 68.1 Å². The summed E-state index contributed by atoms with van der Waals surface area (Å²) in [7, 11) is 8.18. The molecule has 0 radical (unpaired) electrons. The molecule has 2 amide bonds. The fourth-order valence-electron chi connectivity index (χ4n) is 9.28. The molecule has 3 N–H and O–H groups in total. The summed E-state index contributed by atoms with van der Waals surface area (Å²) < 4.78 is 18.2. The van der Waals surface area contributed by atoms with E-state index < -0.39 is 41.3 Å². The number of halogens is 1. The van der Waals surface area contributed by atoms with Crippen molar-refractivity contribution in [3.05, 3.63) is 166 Å². The number of aryl methyl sites for hydroxylation is 1. The van der Waals surface area contributed by atoms with Crippen LogP contribution in [-0.4, -0.2) is 96.5 Å². The fourth-order valence-corrected chi connectivity index (χ4v) is 14.8. The van der Waals surface area contributed by atoms with Crippen molar-refractivity contribution in [2.45, 2.75) is 114 Å². The summed E-state index contributed by atoms with van der Waals surface area (Å²) in [6.45, 7) is 15.7. The van der Waals surface area contributed by atoms with Crippen molar-refractivity contribution < 1.29 is 38.2 Å². The lowest BCUT2D eigenvalue weighted by molar-refractivity contribution is -0.154. The van der Waals surface area contributed by atoms with Crippen molar-refractivity contribution in [1.82, 2.24) is 16.0 Å². The normalized spacial score (nSPS) is 14.2. The monoisotopic (exact) mass is 1170 g/mol. The number of rotatable bonds is 31. The highest BCUT2D eigenvalue weighted by Gasteiger charge is 2.42. The number of hydrogen-bond acceptors (Lipinski definition) is 13. The molecule has 5 aromatic rings. The summed E-state index contributed by atoms with van der Waals surface area (Å²) in [4.78, 5) is 70.7. The Morgan fingerprint density at radius 2 is 1.20 bits per heavy atom. The molecular formula is C63H78ClN3O8S4. The third-order valence-corrected chi connectivity index (χ3v) is 20.3. The Hall–Kier alpha value is -4.74. The zero-order valence-corrected chi connectivity index (χ0v) is 50.9. The first-order valence-electron chi connectivity index (χ1n) is 27.2. The van der Waals surface area contributed by atoms with Gasteiger partial charge in [-0.15, -0.1) is 0 Å². The maximum Gasteiger partial charge on any atom is 0.309 e. The Bertz CT molecular complexity index is 2740. The lowest BCUT2D eigenvalue weighted by Crippen LogP contribution is -2.46. The summed E-state index contributed by atoms with van der Waals surface area (Å²) in [6.07, 6.45) is 1.48. The summed E-state index contributed by atoms with van der Waals surface area (Å²) in [5.41, 5.74) is 6.26. The topological polar surface area (TPSA) is 149 Å². The third kappa shape index (κ3) is 19.2. The number of Topliss-reactive ketones (excluding diaryl/α,β-unsaturated/α-hetero) is 1. The van der Waals surface area contributed by atoms with Gasteiger partial charge in [0.05, 0.1) is 43.9 Å². The molecule has 79 heavy (non-hydrogen) atoms. The standard InChI is InChI=1S/C63H78ClN3O8S4/c1-43-29-31-47(32-30-43)63(46-20-10-9-11-21-46,53-26-16-17-27-54(53)64)75-57(69)33-36-73-37-35-66-59(71)44(41-76-78-61(2,3)4)38-56(68)55(28-18-19-34-65-8)67-60(72)45(42-77-79-62(5,6)7)39-58(70)74-40-52-50-24-14-12-22-48(50)49-23-13-15-25-51(49)52/h9-17,20-27,29-32,44-45,52,55,65H,18-19,28,33-42H2,1-8H3,(H,66,71)(H,67,72)/t44-,45-,55-,63?/m0/s1. The lowest BCUT2D eigenvalue weighted by atomic mass is 9.79. The number of ketones is 1. The van der Waals surface area contributed by atoms with Crippen LogP contribution < -0.4 is 16.0 Å². The number of nitrogens with one attached hydrogen (secondary N) is 3. The molecule has 6 rings (SSSR count). The molecule has 16 heteroatoms. The van der Waals surface area contributed by atoms with E-state index in [9.17, 15) is 24.0 Å². The van der Waals surface area contributed by atoms with E-state index in [-0.39, 0.29) is 72.7 Å². The zero-order valence-electron chi connectivity index (χ0n) is 46.9. The predicted octanol–water partition coefficient (Wildman–Crippen LogP) is 13.2. The maximum atomic E-state index is 14.5. The summed E-state index contributed by atoms with van der Waals surface area (Å²) in [5, 5.41) is 9.65. The number of amides is 2. The molecule has 5 aromatic carbocycles. The van der Waals surface area contributed by atoms with Gasteiger partial charge in [-0.1, -0.05) is 223 Å². The SMILES string of the molecule is CNCCCC[C@H](NC(=O)[C@H](CSSC(C)(C)C)CC(=O)OCC1c2ccccc2-c2ccccc21)C(=O)C[C@@H](CSSC(C)(C)C)C(=O)NCCOCCC(=O)OC(c1ccccc1)(c1ccc(C)cc1)c1ccccc1Cl. The number of ether oxygens (including phenoxy) is 3. The van der Waals surface area contributed by atoms with Crippen LogP contribution in [0.5, 0.6) is 0 Å². The highest BCUT2D eigenvalue weighted by molar-refractivity contribution is 8.77. The van der Waals surface area contributed by atoms with E-state index in [1.54, 1.807) is 27.7 Å². The second kappa shape index (κ2) is 30.9. The van der Waals surface area contributed by atoms with E-state index in [1.807, 2.05) is 111 Å². The van der Waals surface area contributed by atoms with Crippen LogP contribution in [0.2, 0.25) is 5.02 Å². The Balaban J connectivity index is 1.09. The van der Waals surface area contributed by atoms with Crippen LogP contribution in [0, 0.1) is 18.8 Å². The van der Waals surface area contributed by atoms with Crippen LogP contribution in [-0.2, 0) is 43.8 Å². The van der Waals surface area contributed by atoms with Crippen LogP contribution in [0.4, 0.5) is 0 Å². The number of carbonyl (C=O) groups is 5. The molecule has 0 spiro atoms. The van der Waals surface area contributed by atoms with Crippen molar-refractivity contribution in [1.29, 1.82) is 0 Å². The van der Waals surface area contributed by atoms with Crippen molar-refractivity contribution >= 4 is 84.3 Å². The molecule has 0 saturated heterocycles. The van der Waals surface area contributed by atoms with Crippen molar-refractivity contribution in [3.63, 3.8) is 0 Å². The van der Waals surface area contributed by atoms with Crippen molar-refractivity contribution in [3.8, 4) is 11.1 Å². The van der Waals surface area contributed by atoms with Crippen molar-refractivity contribution in [2.75, 3.05) is 51.5 Å². The van der Waals surface area contributed by atoms with Crippen LogP contribution in [0.3, 0.4) is 0 Å². The Morgan fingerprint density at radius 1 is 0.633 bits per heavy atom. The zero-order chi connectivity index (χ0) is 57.0. The molecular weight excluding hydrogens is 1090 g/mol. The maximum absolute atomic E-state index is 14.5. The number of fused-ring (bicyclic) bond motifs is 3. The molecule has 1 aliphatic carbocycles. The minimum absolute atomic E-state index is 0.0284. The largest absolute Gasteiger partial charge is 0.465 e. The summed E-state index contributed by atoms with van der Waals surface area (Å²) in [6, 6.07) is 40.2. The molecule has 4 atom stereocenters. The van der Waals surface area contributed by atoms with Gasteiger partial charge in [0.25, 0.3) is 0 Å². The van der Waals surface area contributed by atoms with Crippen LogP contribution >= 0.6 is 54.8 Å². The van der Waals surface area contributed by atoms with Gasteiger partial charge in [-0.3, -0.25) is 24.0 Å². The van der Waals surface area contributed by atoms with Crippen molar-refractivity contribution in [2.24, 2.45) is 11.8 Å². The first-order valence-corrected chi connectivity index (χ1v) is 32.2. The van der Waals surface area contributed by atoms with Gasteiger partial charge < -0.3 is 30.2 Å². The molecule has 0 aromatic heterocycles. The average Bonchev–Trinajstić information content (AvgIpc) is 4.01. The van der Waals surface area contributed by atoms with E-state index in [1.165, 1.54) is 21.6 Å². The minimum Gasteiger partial charge on any atom is -0.465 e. The van der Waals surface area contributed by atoms with Gasteiger partial charge in [-0.2, -0.15) is 0 Å². The van der Waals surface area contributed by atoms with Gasteiger partial charge in [0.15, 0.2) is 11.4 Å². The lowest BCUT2D eigenvalue weighted by Gasteiger charge is -2.36. The second-order valence-corrected chi connectivity index (χ2v) is 28.6. The van der Waals surface area contributed by atoms with Gasteiger partial charge in [0, 0.05) is 61.6 Å². The van der Waals surface area contributed by atoms with E-state index >= 15 is 0 Å². The fraction of sp³-hybridized carbons (Fsp3) is 0.444. The molecule has 1 unspecified atom stereocenters. The smallest absolute Gasteiger partial charge is 0.309 e. The Kier molecular flexibility index (Phi) is 24.8. The van der Waals surface area contributed by atoms with Gasteiger partial charge in [0.2, 0.25) is 11.8 Å². The molecule has 0 saturated carbocycles. The first kappa shape index (κ1) is 63.4. The number of esters is 2. The Morgan fingerprint density at radius 3 is 1.81 bits per heavy atom. The van der Waals surface area contributed by atoms with Gasteiger partial charge >= 0.3 is 11.9 Å². The quantitative estimate of drug-likeness (QED) is 0.0167. The van der Waals surface area contributed by atoms with Crippen LogP contribution in [0.25, 0.3) is 11.1 Å². The highest BCUT2D eigenvalue weighted by atomic mass is 35.5. The van der Waals surface area contributed by atoms with Crippen LogP contribution in [0.1, 0.15) is 119 Å². The molecule has 424 valence electrons. The van der Waals surface area contributed by atoms with Crippen LogP contribution in [0.15, 0.2) is 127 Å². The van der Waals surface area contributed by atoms with Gasteiger partial charge in [0.1, 0.15) is 6.61 Å². The number of hydrogen-bond donors (Lipinski definition) is 3. The number of unbranched alkanes of at least 4 members (excludes halogenated alkanes) is 1. The van der Waals surface area contributed by atoms with E-state index in [0.29, 0.717) is 34.9 Å². The first-order chi connectivity index (χ1) is 37.8. The Labute approximate surface area is 489 Å². The van der Waals surface area contributed by atoms with E-state index in [4.69, 9.17) is 25.8 Å². The molecule has 0 aliphatic heterocycles. The number of carbonyl (C=O) groups excluding carboxylic acids is 5. The molecule has 0 bridgehead atoms. The minimum atomic E-state index is -1.35. The van der Waals surface area contributed by atoms with E-state index in [0.717, 1.165) is 51.9 Å². The summed E-state index contributed by atoms with van der Waals surface area (Å²) >= 11 is 6.87. The molecule has 0 heterocycles. The summed E-state index contributed by atoms with van der Waals surface area (Å²) in [5.74, 6) is -2.87. The third-order valence-electron chi connectivity index (χ3n) is 13.2. The second-order valence-electron chi connectivity index (χ2n) is 21.8. The van der Waals surface area contributed by atoms with Gasteiger partial charge in [-0.25, -0.2) is 0 Å². The molecule has 1 aliphatic rings. The number of benzene rings is 5. The average molecular weight is 1170 g/mol. The highest BCUT2D eigenvalue weighted by Crippen LogP contribution is 2.46.